The smallest absolute Gasteiger partial charge is 0.261 e. The van der Waals surface area contributed by atoms with Crippen LogP contribution in [0.3, 0.4) is 0 Å². The monoisotopic (exact) mass is 394 g/mol. The molecule has 2 aromatic heterocycles. The number of halogens is 1. The second-order valence-electron chi connectivity index (χ2n) is 7.57. The fourth-order valence-electron chi connectivity index (χ4n) is 3.23. The molecule has 1 saturated carbocycles. The Morgan fingerprint density at radius 1 is 1.24 bits per heavy atom. The Balaban J connectivity index is 1.55. The zero-order chi connectivity index (χ0) is 20.4. The molecule has 0 spiro atoms. The lowest BCUT2D eigenvalue weighted by Gasteiger charge is -2.09. The Labute approximate surface area is 167 Å². The fourth-order valence-corrected chi connectivity index (χ4v) is 3.23. The van der Waals surface area contributed by atoms with Crippen molar-refractivity contribution in [1.82, 2.24) is 14.5 Å². The van der Waals surface area contributed by atoms with Gasteiger partial charge in [0.15, 0.2) is 0 Å². The van der Waals surface area contributed by atoms with Crippen molar-refractivity contribution in [2.45, 2.75) is 45.3 Å². The number of hydrogen-bond acceptors (Lipinski definition) is 4. The van der Waals surface area contributed by atoms with Crippen LogP contribution in [0.15, 0.2) is 47.7 Å². The van der Waals surface area contributed by atoms with E-state index in [2.05, 4.69) is 15.3 Å². The number of nitrogens with zero attached hydrogens (tertiary/aromatic N) is 3. The lowest BCUT2D eigenvalue weighted by molar-refractivity contribution is -0.117. The van der Waals surface area contributed by atoms with Crippen molar-refractivity contribution in [1.29, 1.82) is 0 Å². The summed E-state index contributed by atoms with van der Waals surface area (Å²) in [5.74, 6) is 0.566. The van der Waals surface area contributed by atoms with Crippen LogP contribution in [0.5, 0.6) is 0 Å². The summed E-state index contributed by atoms with van der Waals surface area (Å²) in [6.07, 6.45) is 4.58. The highest BCUT2D eigenvalue weighted by molar-refractivity contribution is 5.90. The molecule has 1 aromatic carbocycles. The first kappa shape index (κ1) is 19.2. The number of amides is 1. The standard InChI is InChI=1S/C22H23FN4O2/c1-2-17(23)10-21(28)26-20-8-6-16(11-24-20)15-5-7-19-18(9-15)22(29)27(13-25-19)12-14-3-4-14/h5-9,11,13-14,17H,2-4,10,12H2,1H3,(H,24,26,28). The molecule has 2 heterocycles. The average Bonchev–Trinajstić information content (AvgIpc) is 3.54. The Hall–Kier alpha value is -3.09. The third kappa shape index (κ3) is 4.50. The van der Waals surface area contributed by atoms with Crippen LogP contribution in [0.4, 0.5) is 10.2 Å². The zero-order valence-electron chi connectivity index (χ0n) is 16.3. The van der Waals surface area contributed by atoms with Crippen LogP contribution in [0.2, 0.25) is 0 Å². The Morgan fingerprint density at radius 3 is 2.72 bits per heavy atom. The molecule has 1 amide bonds. The van der Waals surface area contributed by atoms with Crippen molar-refractivity contribution in [2.75, 3.05) is 5.32 Å². The van der Waals surface area contributed by atoms with E-state index in [1.54, 1.807) is 30.1 Å². The number of nitrogens with one attached hydrogen (secondary N) is 1. The van der Waals surface area contributed by atoms with Gasteiger partial charge in [0.05, 0.1) is 23.7 Å². The number of benzene rings is 1. The van der Waals surface area contributed by atoms with Crippen LogP contribution in [-0.2, 0) is 11.3 Å². The molecule has 0 radical (unpaired) electrons. The maximum atomic E-state index is 13.3. The lowest BCUT2D eigenvalue weighted by atomic mass is 10.1. The van der Waals surface area contributed by atoms with Gasteiger partial charge in [0.2, 0.25) is 5.91 Å². The summed E-state index contributed by atoms with van der Waals surface area (Å²) < 4.78 is 15.0. The molecular weight excluding hydrogens is 371 g/mol. The number of rotatable bonds is 7. The van der Waals surface area contributed by atoms with Crippen LogP contribution in [-0.4, -0.2) is 26.6 Å². The second-order valence-corrected chi connectivity index (χ2v) is 7.57. The largest absolute Gasteiger partial charge is 0.311 e. The van der Waals surface area contributed by atoms with Gasteiger partial charge in [0.25, 0.3) is 5.56 Å². The third-order valence-corrected chi connectivity index (χ3v) is 5.19. The highest BCUT2D eigenvalue weighted by Crippen LogP contribution is 2.30. The van der Waals surface area contributed by atoms with Gasteiger partial charge < -0.3 is 5.32 Å². The maximum Gasteiger partial charge on any atom is 0.261 e. The third-order valence-electron chi connectivity index (χ3n) is 5.19. The molecule has 6 nitrogen and oxygen atoms in total. The van der Waals surface area contributed by atoms with E-state index in [0.29, 0.717) is 29.1 Å². The number of hydrogen-bond donors (Lipinski definition) is 1. The molecule has 150 valence electrons. The van der Waals surface area contributed by atoms with Crippen molar-refractivity contribution < 1.29 is 9.18 Å². The Morgan fingerprint density at radius 2 is 2.03 bits per heavy atom. The maximum absolute atomic E-state index is 13.3. The summed E-state index contributed by atoms with van der Waals surface area (Å²) >= 11 is 0. The van der Waals surface area contributed by atoms with Gasteiger partial charge in [-0.15, -0.1) is 0 Å². The van der Waals surface area contributed by atoms with E-state index in [-0.39, 0.29) is 12.0 Å². The second kappa shape index (κ2) is 8.11. The molecule has 1 atom stereocenters. The van der Waals surface area contributed by atoms with Crippen molar-refractivity contribution in [3.8, 4) is 11.1 Å². The summed E-state index contributed by atoms with van der Waals surface area (Å²) in [5, 5.41) is 3.18. The minimum atomic E-state index is -1.15. The van der Waals surface area contributed by atoms with E-state index in [1.165, 1.54) is 12.8 Å². The topological polar surface area (TPSA) is 76.9 Å². The predicted molar refractivity (Wildman–Crippen MR) is 110 cm³/mol. The van der Waals surface area contributed by atoms with Crippen LogP contribution in [0.1, 0.15) is 32.6 Å². The number of alkyl halides is 1. The van der Waals surface area contributed by atoms with E-state index in [9.17, 15) is 14.0 Å². The Kier molecular flexibility index (Phi) is 5.38. The first-order valence-corrected chi connectivity index (χ1v) is 9.93. The van der Waals surface area contributed by atoms with Gasteiger partial charge in [0, 0.05) is 18.3 Å². The van der Waals surface area contributed by atoms with Gasteiger partial charge in [-0.1, -0.05) is 13.0 Å². The normalized spacial score (nSPS) is 14.7. The number of aromatic nitrogens is 3. The molecule has 0 saturated heterocycles. The van der Waals surface area contributed by atoms with Gasteiger partial charge >= 0.3 is 0 Å². The van der Waals surface area contributed by atoms with E-state index in [0.717, 1.165) is 17.7 Å². The SMILES string of the molecule is CCC(F)CC(=O)Nc1ccc(-c2ccc3ncn(CC4CC4)c(=O)c3c2)cn1. The summed E-state index contributed by atoms with van der Waals surface area (Å²) in [4.78, 5) is 33.2. The molecular formula is C22H23FN4O2. The van der Waals surface area contributed by atoms with Crippen molar-refractivity contribution in [3.63, 3.8) is 0 Å². The van der Waals surface area contributed by atoms with Gasteiger partial charge in [0.1, 0.15) is 12.0 Å². The van der Waals surface area contributed by atoms with E-state index in [4.69, 9.17) is 0 Å². The Bertz CT molecular complexity index is 1090. The molecule has 1 N–H and O–H groups in total. The molecule has 1 aliphatic rings. The van der Waals surface area contributed by atoms with E-state index >= 15 is 0 Å². The quantitative estimate of drug-likeness (QED) is 0.658. The lowest BCUT2D eigenvalue weighted by Crippen LogP contribution is -2.21. The van der Waals surface area contributed by atoms with Crippen LogP contribution >= 0.6 is 0 Å². The highest BCUT2D eigenvalue weighted by atomic mass is 19.1. The number of carbonyl (C=O) groups excluding carboxylic acids is 1. The number of anilines is 1. The molecule has 0 bridgehead atoms. The first-order chi connectivity index (χ1) is 14.0. The van der Waals surface area contributed by atoms with Gasteiger partial charge in [-0.2, -0.15) is 0 Å². The highest BCUT2D eigenvalue weighted by Gasteiger charge is 2.22. The summed E-state index contributed by atoms with van der Waals surface area (Å²) in [7, 11) is 0. The summed E-state index contributed by atoms with van der Waals surface area (Å²) in [6.45, 7) is 2.42. The predicted octanol–water partition coefficient (Wildman–Crippen LogP) is 3.95. The van der Waals surface area contributed by atoms with Crippen LogP contribution in [0.25, 0.3) is 22.0 Å². The molecule has 1 fully saturated rings. The molecule has 1 aliphatic carbocycles. The van der Waals surface area contributed by atoms with Crippen LogP contribution in [0, 0.1) is 5.92 Å². The number of carbonyl (C=O) groups is 1. The van der Waals surface area contributed by atoms with E-state index < -0.39 is 12.1 Å². The first-order valence-electron chi connectivity index (χ1n) is 9.93. The average molecular weight is 394 g/mol. The number of pyridine rings is 1. The summed E-state index contributed by atoms with van der Waals surface area (Å²) in [6, 6.07) is 9.04. The molecule has 4 rings (SSSR count). The molecule has 0 aliphatic heterocycles. The van der Waals surface area contributed by atoms with Crippen molar-refractivity contribution in [2.24, 2.45) is 5.92 Å². The van der Waals surface area contributed by atoms with Crippen LogP contribution < -0.4 is 10.9 Å². The fraction of sp³-hybridized carbons (Fsp3) is 0.364. The molecule has 3 aromatic rings. The number of fused-ring (bicyclic) bond motifs is 1. The van der Waals surface area contributed by atoms with Crippen molar-refractivity contribution >= 4 is 22.6 Å². The molecule has 7 heteroatoms. The van der Waals surface area contributed by atoms with Crippen molar-refractivity contribution in [3.05, 3.63) is 53.2 Å². The molecule has 29 heavy (non-hydrogen) atoms. The molecule has 1 unspecified atom stereocenters. The van der Waals surface area contributed by atoms with Gasteiger partial charge in [-0.05, 0) is 55.0 Å². The minimum Gasteiger partial charge on any atom is -0.311 e. The zero-order valence-corrected chi connectivity index (χ0v) is 16.3. The van der Waals surface area contributed by atoms with E-state index in [1.807, 2.05) is 24.3 Å². The van der Waals surface area contributed by atoms with Gasteiger partial charge in [-0.25, -0.2) is 14.4 Å². The minimum absolute atomic E-state index is 0.0303. The van der Waals surface area contributed by atoms with Gasteiger partial charge in [-0.3, -0.25) is 14.2 Å². The summed E-state index contributed by atoms with van der Waals surface area (Å²) in [5.41, 5.74) is 2.30.